The van der Waals surface area contributed by atoms with Crippen LogP contribution in [0.2, 0.25) is 0 Å². The number of hydrogen-bond acceptors (Lipinski definition) is 5. The van der Waals surface area contributed by atoms with Crippen molar-refractivity contribution in [1.29, 1.82) is 0 Å². The number of piperidine rings is 1. The SMILES string of the molecule is Cc1ccccc1NC(=O)C(C)Sc1nnc(N2CCC(C)CC2)n1C1CC1. The van der Waals surface area contributed by atoms with E-state index in [-0.39, 0.29) is 11.2 Å². The Hall–Kier alpha value is -2.02. The molecule has 2 fully saturated rings. The molecule has 0 radical (unpaired) electrons. The molecule has 0 spiro atoms. The van der Waals surface area contributed by atoms with Gasteiger partial charge in [0.05, 0.1) is 5.25 Å². The summed E-state index contributed by atoms with van der Waals surface area (Å²) >= 11 is 1.51. The number of para-hydroxylation sites is 1. The molecular formula is C21H29N5OS. The van der Waals surface area contributed by atoms with Crippen LogP contribution in [-0.2, 0) is 4.79 Å². The van der Waals surface area contributed by atoms with Gasteiger partial charge in [-0.25, -0.2) is 0 Å². The molecule has 1 aliphatic heterocycles. The van der Waals surface area contributed by atoms with Crippen LogP contribution in [0.15, 0.2) is 29.4 Å². The molecular weight excluding hydrogens is 370 g/mol. The second kappa shape index (κ2) is 8.15. The molecule has 1 N–H and O–H groups in total. The van der Waals surface area contributed by atoms with E-state index in [1.807, 2.05) is 38.1 Å². The van der Waals surface area contributed by atoms with Crippen molar-refractivity contribution in [3.8, 4) is 0 Å². The van der Waals surface area contributed by atoms with Gasteiger partial charge in [-0.1, -0.05) is 36.9 Å². The number of nitrogens with one attached hydrogen (secondary N) is 1. The monoisotopic (exact) mass is 399 g/mol. The van der Waals surface area contributed by atoms with E-state index in [1.165, 1.54) is 37.4 Å². The highest BCUT2D eigenvalue weighted by Gasteiger charge is 2.33. The molecule has 4 rings (SSSR count). The number of carbonyl (C=O) groups is 1. The molecule has 2 heterocycles. The zero-order chi connectivity index (χ0) is 19.7. The predicted molar refractivity (Wildman–Crippen MR) is 114 cm³/mol. The first kappa shape index (κ1) is 19.3. The van der Waals surface area contributed by atoms with Gasteiger partial charge in [0.1, 0.15) is 0 Å². The number of nitrogens with zero attached hydrogens (tertiary/aromatic N) is 4. The van der Waals surface area contributed by atoms with Crippen LogP contribution >= 0.6 is 11.8 Å². The lowest BCUT2D eigenvalue weighted by molar-refractivity contribution is -0.115. The summed E-state index contributed by atoms with van der Waals surface area (Å²) in [5.74, 6) is 1.77. The highest BCUT2D eigenvalue weighted by Crippen LogP contribution is 2.42. The zero-order valence-electron chi connectivity index (χ0n) is 16.9. The number of carbonyl (C=O) groups excluding carboxylic acids is 1. The Balaban J connectivity index is 1.47. The fourth-order valence-electron chi connectivity index (χ4n) is 3.59. The zero-order valence-corrected chi connectivity index (χ0v) is 17.7. The van der Waals surface area contributed by atoms with Crippen LogP contribution < -0.4 is 10.2 Å². The van der Waals surface area contributed by atoms with Gasteiger partial charge in [-0.3, -0.25) is 9.36 Å². The number of amides is 1. The first-order chi connectivity index (χ1) is 13.5. The van der Waals surface area contributed by atoms with Gasteiger partial charge in [0.25, 0.3) is 0 Å². The third-order valence-corrected chi connectivity index (χ3v) is 6.74. The lowest BCUT2D eigenvalue weighted by Gasteiger charge is -2.31. The number of aromatic nitrogens is 3. The number of thioether (sulfide) groups is 1. The first-order valence-electron chi connectivity index (χ1n) is 10.3. The highest BCUT2D eigenvalue weighted by molar-refractivity contribution is 8.00. The van der Waals surface area contributed by atoms with Crippen molar-refractivity contribution in [3.63, 3.8) is 0 Å². The Labute approximate surface area is 171 Å². The maximum atomic E-state index is 12.7. The maximum absolute atomic E-state index is 12.7. The topological polar surface area (TPSA) is 63.1 Å². The van der Waals surface area contributed by atoms with E-state index in [9.17, 15) is 4.79 Å². The lowest BCUT2D eigenvalue weighted by Crippen LogP contribution is -2.34. The number of aryl methyl sites for hydroxylation is 1. The van der Waals surface area contributed by atoms with E-state index in [2.05, 4.69) is 31.9 Å². The maximum Gasteiger partial charge on any atom is 0.237 e. The summed E-state index contributed by atoms with van der Waals surface area (Å²) < 4.78 is 2.28. The highest BCUT2D eigenvalue weighted by atomic mass is 32.2. The largest absolute Gasteiger partial charge is 0.341 e. The second-order valence-electron chi connectivity index (χ2n) is 8.12. The van der Waals surface area contributed by atoms with Crippen LogP contribution in [0, 0.1) is 12.8 Å². The third kappa shape index (κ3) is 4.19. The Morgan fingerprint density at radius 3 is 2.57 bits per heavy atom. The summed E-state index contributed by atoms with van der Waals surface area (Å²) in [5.41, 5.74) is 1.93. The molecule has 1 saturated heterocycles. The normalized spacial score (nSPS) is 18.9. The quantitative estimate of drug-likeness (QED) is 0.735. The molecule has 7 heteroatoms. The predicted octanol–water partition coefficient (Wildman–Crippen LogP) is 4.28. The van der Waals surface area contributed by atoms with E-state index < -0.39 is 0 Å². The van der Waals surface area contributed by atoms with Crippen LogP contribution in [0.1, 0.15) is 51.1 Å². The van der Waals surface area contributed by atoms with Gasteiger partial charge in [0.15, 0.2) is 5.16 Å². The van der Waals surface area contributed by atoms with E-state index in [1.54, 1.807) is 0 Å². The van der Waals surface area contributed by atoms with Crippen LogP contribution in [0.4, 0.5) is 11.6 Å². The minimum absolute atomic E-state index is 0.00186. The van der Waals surface area contributed by atoms with Crippen molar-refractivity contribution in [3.05, 3.63) is 29.8 Å². The lowest BCUT2D eigenvalue weighted by atomic mass is 10.00. The van der Waals surface area contributed by atoms with Crippen molar-refractivity contribution in [2.75, 3.05) is 23.3 Å². The van der Waals surface area contributed by atoms with E-state index in [0.29, 0.717) is 6.04 Å². The number of benzene rings is 1. The Kier molecular flexibility index (Phi) is 5.62. The molecule has 1 unspecified atom stereocenters. The molecule has 1 saturated carbocycles. The Morgan fingerprint density at radius 2 is 1.89 bits per heavy atom. The van der Waals surface area contributed by atoms with Gasteiger partial charge >= 0.3 is 0 Å². The summed E-state index contributed by atoms with van der Waals surface area (Å²) in [6, 6.07) is 8.34. The van der Waals surface area contributed by atoms with Crippen molar-refractivity contribution >= 4 is 29.3 Å². The van der Waals surface area contributed by atoms with Gasteiger partial charge < -0.3 is 10.2 Å². The van der Waals surface area contributed by atoms with Gasteiger partial charge in [-0.2, -0.15) is 0 Å². The molecule has 1 aromatic carbocycles. The molecule has 1 amide bonds. The van der Waals surface area contributed by atoms with Gasteiger partial charge in [-0.15, -0.1) is 10.2 Å². The van der Waals surface area contributed by atoms with E-state index in [0.717, 1.165) is 41.4 Å². The minimum Gasteiger partial charge on any atom is -0.341 e. The number of hydrogen-bond donors (Lipinski definition) is 1. The Bertz CT molecular complexity index is 839. The van der Waals surface area contributed by atoms with E-state index in [4.69, 9.17) is 0 Å². The average Bonchev–Trinajstić information content (AvgIpc) is 3.44. The molecule has 28 heavy (non-hydrogen) atoms. The van der Waals surface area contributed by atoms with Crippen molar-refractivity contribution in [2.24, 2.45) is 5.92 Å². The first-order valence-corrected chi connectivity index (χ1v) is 11.1. The van der Waals surface area contributed by atoms with Crippen molar-refractivity contribution in [2.45, 2.75) is 62.9 Å². The summed E-state index contributed by atoms with van der Waals surface area (Å²) in [5, 5.41) is 12.7. The van der Waals surface area contributed by atoms with Gasteiger partial charge in [0, 0.05) is 24.8 Å². The van der Waals surface area contributed by atoms with Gasteiger partial charge in [-0.05, 0) is 57.1 Å². The van der Waals surface area contributed by atoms with Crippen molar-refractivity contribution < 1.29 is 4.79 Å². The molecule has 2 aromatic rings. The van der Waals surface area contributed by atoms with Crippen LogP contribution in [-0.4, -0.2) is 39.0 Å². The molecule has 1 atom stereocenters. The number of anilines is 2. The Morgan fingerprint density at radius 1 is 1.18 bits per heavy atom. The van der Waals surface area contributed by atoms with E-state index >= 15 is 0 Å². The average molecular weight is 400 g/mol. The molecule has 0 bridgehead atoms. The molecule has 6 nitrogen and oxygen atoms in total. The summed E-state index contributed by atoms with van der Waals surface area (Å²) in [4.78, 5) is 15.1. The molecule has 2 aliphatic rings. The molecule has 1 aromatic heterocycles. The molecule has 150 valence electrons. The summed E-state index contributed by atoms with van der Waals surface area (Å²) in [6.45, 7) is 8.34. The second-order valence-corrected chi connectivity index (χ2v) is 9.43. The third-order valence-electron chi connectivity index (χ3n) is 5.68. The smallest absolute Gasteiger partial charge is 0.237 e. The van der Waals surface area contributed by atoms with Gasteiger partial charge in [0.2, 0.25) is 11.9 Å². The van der Waals surface area contributed by atoms with Crippen molar-refractivity contribution in [1.82, 2.24) is 14.8 Å². The fraction of sp³-hybridized carbons (Fsp3) is 0.571. The number of rotatable bonds is 6. The van der Waals surface area contributed by atoms with Crippen LogP contribution in [0.5, 0.6) is 0 Å². The standard InChI is InChI=1S/C21H29N5OS/c1-14-10-12-25(13-11-14)20-23-24-21(26(20)17-8-9-17)28-16(3)19(27)22-18-7-5-4-6-15(18)2/h4-7,14,16-17H,8-13H2,1-3H3,(H,22,27). The van der Waals surface area contributed by atoms with Crippen LogP contribution in [0.25, 0.3) is 0 Å². The molecule has 1 aliphatic carbocycles. The summed E-state index contributed by atoms with van der Waals surface area (Å²) in [7, 11) is 0. The summed E-state index contributed by atoms with van der Waals surface area (Å²) in [6.07, 6.45) is 4.75. The van der Waals surface area contributed by atoms with Crippen LogP contribution in [0.3, 0.4) is 0 Å². The fourth-order valence-corrected chi connectivity index (χ4v) is 4.50. The minimum atomic E-state index is -0.240.